The highest BCUT2D eigenvalue weighted by molar-refractivity contribution is 5.63. The van der Waals surface area contributed by atoms with Gasteiger partial charge in [-0.2, -0.15) is 0 Å². The highest BCUT2D eigenvalue weighted by Gasteiger charge is 2.29. The van der Waals surface area contributed by atoms with Crippen LogP contribution in [-0.4, -0.2) is 17.3 Å². The maximum Gasteiger partial charge on any atom is 0.127 e. The smallest absolute Gasteiger partial charge is 0.127 e. The first-order valence-corrected chi connectivity index (χ1v) is 6.14. The molecule has 1 N–H and O–H groups in total. The fourth-order valence-corrected chi connectivity index (χ4v) is 2.35. The van der Waals surface area contributed by atoms with Crippen molar-refractivity contribution in [3.8, 4) is 5.75 Å². The molecule has 1 aromatic carbocycles. The van der Waals surface area contributed by atoms with E-state index in [1.54, 1.807) is 0 Å². The lowest BCUT2D eigenvalue weighted by Crippen LogP contribution is -2.33. The first kappa shape index (κ1) is 12.2. The Hall–Kier alpha value is -1.28. The van der Waals surface area contributed by atoms with Gasteiger partial charge in [-0.1, -0.05) is 32.0 Å². The van der Waals surface area contributed by atoms with Gasteiger partial charge in [0.15, 0.2) is 0 Å². The zero-order valence-corrected chi connectivity index (χ0v) is 10.7. The number of hydrogen-bond acceptors (Lipinski definition) is 2. The van der Waals surface area contributed by atoms with E-state index >= 15 is 0 Å². The molecular weight excluding hydrogens is 212 g/mol. The lowest BCUT2D eigenvalue weighted by molar-refractivity contribution is 0.0657. The maximum atomic E-state index is 10.5. The van der Waals surface area contributed by atoms with Crippen LogP contribution < -0.4 is 4.74 Å². The van der Waals surface area contributed by atoms with Crippen LogP contribution in [0.4, 0.5) is 0 Å². The molecule has 0 aromatic heterocycles. The molecule has 1 aromatic rings. The molecule has 2 heteroatoms. The minimum absolute atomic E-state index is 0.461. The van der Waals surface area contributed by atoms with Gasteiger partial charge < -0.3 is 9.84 Å². The quantitative estimate of drug-likeness (QED) is 0.866. The van der Waals surface area contributed by atoms with E-state index in [2.05, 4.69) is 19.9 Å². The summed E-state index contributed by atoms with van der Waals surface area (Å²) in [6.45, 7) is 6.59. The Bertz CT molecular complexity index is 430. The summed E-state index contributed by atoms with van der Waals surface area (Å²) in [7, 11) is 0. The number of benzene rings is 1. The van der Waals surface area contributed by atoms with Gasteiger partial charge in [-0.3, -0.25) is 0 Å². The van der Waals surface area contributed by atoms with Crippen molar-refractivity contribution in [1.29, 1.82) is 0 Å². The second-order valence-corrected chi connectivity index (χ2v) is 5.37. The molecule has 0 unspecified atom stereocenters. The predicted molar refractivity (Wildman–Crippen MR) is 70.0 cm³/mol. The van der Waals surface area contributed by atoms with Crippen molar-refractivity contribution in [2.45, 2.75) is 32.8 Å². The van der Waals surface area contributed by atoms with Gasteiger partial charge in [0.25, 0.3) is 0 Å². The Morgan fingerprint density at radius 2 is 2.06 bits per heavy atom. The molecule has 2 rings (SSSR count). The van der Waals surface area contributed by atoms with Crippen molar-refractivity contribution in [3.05, 3.63) is 35.4 Å². The third-order valence-electron chi connectivity index (χ3n) is 3.13. The molecule has 0 amide bonds. The van der Waals surface area contributed by atoms with Crippen LogP contribution in [0.5, 0.6) is 5.75 Å². The van der Waals surface area contributed by atoms with E-state index < -0.39 is 5.60 Å². The Kier molecular flexibility index (Phi) is 3.25. The summed E-state index contributed by atoms with van der Waals surface area (Å²) >= 11 is 0. The van der Waals surface area contributed by atoms with Gasteiger partial charge in [0.1, 0.15) is 12.4 Å². The molecule has 0 bridgehead atoms. The van der Waals surface area contributed by atoms with E-state index in [9.17, 15) is 5.11 Å². The maximum absolute atomic E-state index is 10.5. The molecule has 0 fully saturated rings. The second-order valence-electron chi connectivity index (χ2n) is 5.37. The topological polar surface area (TPSA) is 29.5 Å². The van der Waals surface area contributed by atoms with Crippen molar-refractivity contribution in [2.24, 2.45) is 5.92 Å². The fraction of sp³-hybridized carbons (Fsp3) is 0.467. The van der Waals surface area contributed by atoms with E-state index in [1.807, 2.05) is 31.2 Å². The van der Waals surface area contributed by atoms with Crippen LogP contribution in [0, 0.1) is 5.92 Å². The second kappa shape index (κ2) is 4.53. The number of aliphatic hydroxyl groups is 1. The molecule has 1 heterocycles. The van der Waals surface area contributed by atoms with Crippen LogP contribution in [-0.2, 0) is 0 Å². The van der Waals surface area contributed by atoms with E-state index in [4.69, 9.17) is 4.74 Å². The number of para-hydroxylation sites is 1. The van der Waals surface area contributed by atoms with Crippen molar-refractivity contribution >= 4 is 6.08 Å². The van der Waals surface area contributed by atoms with Gasteiger partial charge in [-0.25, -0.2) is 0 Å². The molecule has 2 nitrogen and oxygen atoms in total. The molecule has 0 radical (unpaired) electrons. The first-order valence-electron chi connectivity index (χ1n) is 6.14. The summed E-state index contributed by atoms with van der Waals surface area (Å²) in [6, 6.07) is 7.92. The SMILES string of the molecule is CC(C)C[C@@](C)(O)C1=Cc2ccccc2OC1. The van der Waals surface area contributed by atoms with Gasteiger partial charge >= 0.3 is 0 Å². The lowest BCUT2D eigenvalue weighted by atomic mass is 9.85. The number of ether oxygens (including phenoxy) is 1. The van der Waals surface area contributed by atoms with Gasteiger partial charge in [-0.05, 0) is 37.0 Å². The minimum atomic E-state index is -0.776. The monoisotopic (exact) mass is 232 g/mol. The molecule has 0 saturated carbocycles. The molecule has 1 aliphatic rings. The Labute approximate surface area is 103 Å². The largest absolute Gasteiger partial charge is 0.489 e. The third kappa shape index (κ3) is 2.70. The summed E-state index contributed by atoms with van der Waals surface area (Å²) in [5, 5.41) is 10.5. The third-order valence-corrected chi connectivity index (χ3v) is 3.13. The summed E-state index contributed by atoms with van der Waals surface area (Å²) in [5.74, 6) is 1.36. The summed E-state index contributed by atoms with van der Waals surface area (Å²) in [6.07, 6.45) is 2.81. The van der Waals surface area contributed by atoms with Crippen LogP contribution in [0.15, 0.2) is 29.8 Å². The van der Waals surface area contributed by atoms with Crippen molar-refractivity contribution in [3.63, 3.8) is 0 Å². The van der Waals surface area contributed by atoms with E-state index in [-0.39, 0.29) is 0 Å². The van der Waals surface area contributed by atoms with Gasteiger partial charge in [-0.15, -0.1) is 0 Å². The molecule has 0 saturated heterocycles. The molecular formula is C15H20O2. The van der Waals surface area contributed by atoms with Gasteiger partial charge in [0.2, 0.25) is 0 Å². The predicted octanol–water partition coefficient (Wildman–Crippen LogP) is 3.26. The lowest BCUT2D eigenvalue weighted by Gasteiger charge is -2.31. The minimum Gasteiger partial charge on any atom is -0.489 e. The highest BCUT2D eigenvalue weighted by atomic mass is 16.5. The van der Waals surface area contributed by atoms with E-state index in [1.165, 1.54) is 0 Å². The summed E-state index contributed by atoms with van der Waals surface area (Å²) in [4.78, 5) is 0. The summed E-state index contributed by atoms with van der Waals surface area (Å²) in [5.41, 5.74) is 1.24. The number of fused-ring (bicyclic) bond motifs is 1. The van der Waals surface area contributed by atoms with Crippen molar-refractivity contribution in [2.75, 3.05) is 6.61 Å². The first-order chi connectivity index (χ1) is 7.99. The van der Waals surface area contributed by atoms with Crippen molar-refractivity contribution < 1.29 is 9.84 Å². The molecule has 0 spiro atoms. The van der Waals surface area contributed by atoms with E-state index in [0.717, 1.165) is 23.3 Å². The zero-order chi connectivity index (χ0) is 12.5. The van der Waals surface area contributed by atoms with Crippen LogP contribution in [0.1, 0.15) is 32.8 Å². The number of rotatable bonds is 3. The van der Waals surface area contributed by atoms with Crippen LogP contribution in [0.3, 0.4) is 0 Å². The standard InChI is InChI=1S/C15H20O2/c1-11(2)9-15(3,16)13-8-12-6-4-5-7-14(12)17-10-13/h4-8,11,16H,9-10H2,1-3H3/t15-/m1/s1. The fourth-order valence-electron chi connectivity index (χ4n) is 2.35. The number of hydrogen-bond donors (Lipinski definition) is 1. The molecule has 0 aliphatic carbocycles. The van der Waals surface area contributed by atoms with Crippen molar-refractivity contribution in [1.82, 2.24) is 0 Å². The average Bonchev–Trinajstić information content (AvgIpc) is 2.26. The molecule has 17 heavy (non-hydrogen) atoms. The molecule has 1 atom stereocenters. The van der Waals surface area contributed by atoms with Gasteiger partial charge in [0.05, 0.1) is 5.60 Å². The summed E-state index contributed by atoms with van der Waals surface area (Å²) < 4.78 is 5.68. The van der Waals surface area contributed by atoms with Gasteiger partial charge in [0, 0.05) is 5.56 Å². The van der Waals surface area contributed by atoms with Crippen LogP contribution in [0.25, 0.3) is 6.08 Å². The van der Waals surface area contributed by atoms with Crippen LogP contribution >= 0.6 is 0 Å². The normalized spacial score (nSPS) is 18.1. The Morgan fingerprint density at radius 3 is 2.76 bits per heavy atom. The van der Waals surface area contributed by atoms with Crippen LogP contribution in [0.2, 0.25) is 0 Å². The highest BCUT2D eigenvalue weighted by Crippen LogP contribution is 2.33. The zero-order valence-electron chi connectivity index (χ0n) is 10.7. The molecule has 92 valence electrons. The molecule has 1 aliphatic heterocycles. The Balaban J connectivity index is 2.27. The average molecular weight is 232 g/mol. The van der Waals surface area contributed by atoms with E-state index in [0.29, 0.717) is 12.5 Å². The Morgan fingerprint density at radius 1 is 1.35 bits per heavy atom.